The molecular weight excluding hydrogens is 478 g/mol. The Labute approximate surface area is 202 Å². The van der Waals surface area contributed by atoms with E-state index >= 15 is 0 Å². The number of fused-ring (bicyclic) bond motifs is 3. The van der Waals surface area contributed by atoms with Gasteiger partial charge in [-0.25, -0.2) is 9.97 Å². The van der Waals surface area contributed by atoms with Gasteiger partial charge in [0.1, 0.15) is 17.1 Å². The average Bonchev–Trinajstić information content (AvgIpc) is 3.45. The highest BCUT2D eigenvalue weighted by molar-refractivity contribution is 7.99. The van der Waals surface area contributed by atoms with E-state index in [1.807, 2.05) is 24.3 Å². The molecule has 1 atom stereocenters. The van der Waals surface area contributed by atoms with Gasteiger partial charge in [0.2, 0.25) is 5.91 Å². The normalized spacial score (nSPS) is 15.4. The minimum Gasteiger partial charge on any atom is -0.497 e. The van der Waals surface area contributed by atoms with Crippen LogP contribution in [0.5, 0.6) is 5.75 Å². The number of likely N-dealkylation sites (N-methyl/N-ethyl adjacent to an activating group) is 1. The maximum absolute atomic E-state index is 13.8. The summed E-state index contributed by atoms with van der Waals surface area (Å²) in [6.45, 7) is 1.89. The Balaban J connectivity index is 1.56. The molecule has 1 aliphatic rings. The molecule has 1 aromatic carbocycles. The molecule has 4 heterocycles. The lowest BCUT2D eigenvalue weighted by Crippen LogP contribution is -3.08. The van der Waals surface area contributed by atoms with Crippen LogP contribution in [0.1, 0.15) is 10.4 Å². The number of methoxy groups -OCH3 is 1. The number of benzene rings is 1. The van der Waals surface area contributed by atoms with E-state index in [0.29, 0.717) is 27.1 Å². The summed E-state index contributed by atoms with van der Waals surface area (Å²) in [5, 5.41) is 6.33. The van der Waals surface area contributed by atoms with Crippen molar-refractivity contribution in [2.24, 2.45) is 0 Å². The van der Waals surface area contributed by atoms with Crippen molar-refractivity contribution < 1.29 is 14.4 Å². The summed E-state index contributed by atoms with van der Waals surface area (Å²) in [4.78, 5) is 38.6. The fourth-order valence-electron chi connectivity index (χ4n) is 3.87. The van der Waals surface area contributed by atoms with Gasteiger partial charge in [0.05, 0.1) is 42.4 Å². The number of hydrogen-bond donors (Lipinski definition) is 2. The molecule has 4 aromatic rings. The molecule has 5 rings (SSSR count). The van der Waals surface area contributed by atoms with Crippen molar-refractivity contribution in [3.05, 3.63) is 56.6 Å². The summed E-state index contributed by atoms with van der Waals surface area (Å²) in [5.41, 5.74) is 1.72. The Bertz CT molecular complexity index is 1360. The van der Waals surface area contributed by atoms with Crippen molar-refractivity contribution >= 4 is 55.7 Å². The topological polar surface area (TPSA) is 90.5 Å². The predicted molar refractivity (Wildman–Crippen MR) is 132 cm³/mol. The molecule has 3 aromatic heterocycles. The van der Waals surface area contributed by atoms with Gasteiger partial charge in [0.25, 0.3) is 5.56 Å². The fraction of sp³-hybridized carbons (Fsp3) is 0.273. The predicted octanol–water partition coefficient (Wildman–Crippen LogP) is 2.21. The fourth-order valence-corrected chi connectivity index (χ4v) is 6.60. The van der Waals surface area contributed by atoms with Gasteiger partial charge >= 0.3 is 0 Å². The Morgan fingerprint density at radius 2 is 2.15 bits per heavy atom. The lowest BCUT2D eigenvalue weighted by Gasteiger charge is -2.19. The number of thiazole rings is 1. The highest BCUT2D eigenvalue weighted by Gasteiger charge is 2.26. The Morgan fingerprint density at radius 1 is 1.33 bits per heavy atom. The first kappa shape index (κ1) is 22.1. The van der Waals surface area contributed by atoms with Crippen LogP contribution >= 0.6 is 34.4 Å². The number of nitrogens with zero attached hydrogens (tertiary/aromatic N) is 3. The highest BCUT2D eigenvalue weighted by atomic mass is 32.2. The van der Waals surface area contributed by atoms with Crippen LogP contribution in [0.15, 0.2) is 45.8 Å². The molecule has 0 saturated carbocycles. The summed E-state index contributed by atoms with van der Waals surface area (Å²) in [5.74, 6) is 0.629. The third-order valence-corrected chi connectivity index (χ3v) is 8.24. The van der Waals surface area contributed by atoms with Crippen LogP contribution in [-0.4, -0.2) is 46.9 Å². The van der Waals surface area contributed by atoms with Gasteiger partial charge in [-0.1, -0.05) is 11.8 Å². The molecule has 1 unspecified atom stereocenters. The standard InChI is InChI=1S/C22H21N5O3S3/c1-26-9-7-15-16(11-26)33-19-18(15)20(29)27(13-3-5-14(30-2)6-4-13)22(25-19)32-12-17(28)24-21-23-8-10-31-21/h3-6,8,10H,7,9,11-12H2,1-2H3,(H,23,24,28)/p+1. The first-order valence-corrected chi connectivity index (χ1v) is 13.1. The number of rotatable bonds is 6. The van der Waals surface area contributed by atoms with Crippen LogP contribution in [0.25, 0.3) is 15.9 Å². The Hall–Kier alpha value is -2.73. The molecule has 0 saturated heterocycles. The molecule has 0 aliphatic carbocycles. The molecule has 11 heteroatoms. The minimum atomic E-state index is -0.193. The van der Waals surface area contributed by atoms with Crippen molar-refractivity contribution in [2.75, 3.05) is 31.8 Å². The number of nitrogens with one attached hydrogen (secondary N) is 2. The van der Waals surface area contributed by atoms with E-state index in [-0.39, 0.29) is 17.2 Å². The smallest absolute Gasteiger partial charge is 0.267 e. The summed E-state index contributed by atoms with van der Waals surface area (Å²) < 4.78 is 6.88. The first-order valence-electron chi connectivity index (χ1n) is 10.4. The third-order valence-electron chi connectivity index (χ3n) is 5.48. The zero-order chi connectivity index (χ0) is 22.9. The van der Waals surface area contributed by atoms with Gasteiger partial charge in [-0.05, 0) is 29.8 Å². The third kappa shape index (κ3) is 4.41. The molecule has 0 spiro atoms. The SMILES string of the molecule is COc1ccc(-n2c(SCC(=O)Nc3nccs3)nc3sc4c(c3c2=O)CC[NH+](C)C4)cc1. The molecule has 33 heavy (non-hydrogen) atoms. The molecule has 0 radical (unpaired) electrons. The second-order valence-corrected chi connectivity index (χ2v) is 10.6. The zero-order valence-electron chi connectivity index (χ0n) is 18.1. The van der Waals surface area contributed by atoms with Gasteiger partial charge in [-0.2, -0.15) is 0 Å². The van der Waals surface area contributed by atoms with Crippen molar-refractivity contribution in [2.45, 2.75) is 18.1 Å². The number of carbonyl (C=O) groups excluding carboxylic acids is 1. The molecule has 8 nitrogen and oxygen atoms in total. The number of quaternary nitrogens is 1. The molecule has 1 aliphatic heterocycles. The summed E-state index contributed by atoms with van der Waals surface area (Å²) in [6.07, 6.45) is 2.51. The number of anilines is 1. The van der Waals surface area contributed by atoms with Crippen LogP contribution in [-0.2, 0) is 17.8 Å². The van der Waals surface area contributed by atoms with Gasteiger partial charge in [0.15, 0.2) is 10.3 Å². The van der Waals surface area contributed by atoms with E-state index in [4.69, 9.17) is 9.72 Å². The Morgan fingerprint density at radius 3 is 2.88 bits per heavy atom. The quantitative estimate of drug-likeness (QED) is 0.312. The van der Waals surface area contributed by atoms with Crippen LogP contribution in [0.3, 0.4) is 0 Å². The van der Waals surface area contributed by atoms with Crippen LogP contribution in [0, 0.1) is 0 Å². The minimum absolute atomic E-state index is 0.0925. The average molecular weight is 501 g/mol. The second kappa shape index (κ2) is 9.26. The summed E-state index contributed by atoms with van der Waals surface area (Å²) >= 11 is 4.20. The molecule has 0 bridgehead atoms. The number of thiophene rings is 1. The van der Waals surface area contributed by atoms with Crippen LogP contribution in [0.2, 0.25) is 0 Å². The number of aromatic nitrogens is 3. The number of hydrogen-bond acceptors (Lipinski definition) is 8. The zero-order valence-corrected chi connectivity index (χ0v) is 20.5. The van der Waals surface area contributed by atoms with E-state index in [9.17, 15) is 9.59 Å². The molecule has 1 amide bonds. The number of ether oxygens (including phenoxy) is 1. The van der Waals surface area contributed by atoms with Gasteiger partial charge in [0, 0.05) is 18.0 Å². The van der Waals surface area contributed by atoms with E-state index < -0.39 is 0 Å². The van der Waals surface area contributed by atoms with Crippen LogP contribution < -0.4 is 20.5 Å². The largest absolute Gasteiger partial charge is 0.497 e. The van der Waals surface area contributed by atoms with Crippen molar-refractivity contribution in [3.63, 3.8) is 0 Å². The van der Waals surface area contributed by atoms with Crippen molar-refractivity contribution in [1.82, 2.24) is 14.5 Å². The van der Waals surface area contributed by atoms with Gasteiger partial charge in [-0.3, -0.25) is 14.2 Å². The molecule has 2 N–H and O–H groups in total. The number of amides is 1. The number of carbonyl (C=O) groups is 1. The van der Waals surface area contributed by atoms with E-state index in [0.717, 1.165) is 29.9 Å². The maximum Gasteiger partial charge on any atom is 0.267 e. The monoisotopic (exact) mass is 500 g/mol. The van der Waals surface area contributed by atoms with Crippen molar-refractivity contribution in [1.29, 1.82) is 0 Å². The maximum atomic E-state index is 13.8. The second-order valence-electron chi connectivity index (χ2n) is 7.72. The summed E-state index contributed by atoms with van der Waals surface area (Å²) in [6, 6.07) is 7.31. The van der Waals surface area contributed by atoms with E-state index in [1.54, 1.807) is 34.6 Å². The molecule has 170 valence electrons. The Kier molecular flexibility index (Phi) is 6.19. The van der Waals surface area contributed by atoms with Gasteiger partial charge < -0.3 is 15.0 Å². The van der Waals surface area contributed by atoms with Gasteiger partial charge in [-0.15, -0.1) is 22.7 Å². The van der Waals surface area contributed by atoms with Crippen molar-refractivity contribution in [3.8, 4) is 11.4 Å². The van der Waals surface area contributed by atoms with E-state index in [1.165, 1.54) is 32.9 Å². The van der Waals surface area contributed by atoms with Crippen LogP contribution in [0.4, 0.5) is 5.13 Å². The lowest BCUT2D eigenvalue weighted by molar-refractivity contribution is -0.895. The molecule has 0 fully saturated rings. The summed E-state index contributed by atoms with van der Waals surface area (Å²) in [7, 11) is 3.77. The first-order chi connectivity index (χ1) is 16.0. The lowest BCUT2D eigenvalue weighted by atomic mass is 10.1. The number of thioether (sulfide) groups is 1. The highest BCUT2D eigenvalue weighted by Crippen LogP contribution is 2.32. The van der Waals surface area contributed by atoms with E-state index in [2.05, 4.69) is 17.3 Å². The molecular formula is C22H22N5O3S3+.